The van der Waals surface area contributed by atoms with E-state index in [2.05, 4.69) is 20.8 Å². The van der Waals surface area contributed by atoms with Crippen LogP contribution >= 0.6 is 46.6 Å². The minimum Gasteiger partial charge on any atom is -0.493 e. The van der Waals surface area contributed by atoms with E-state index in [4.69, 9.17) is 44.3 Å². The molecule has 0 atom stereocenters. The summed E-state index contributed by atoms with van der Waals surface area (Å²) in [4.78, 5) is 0. The number of ether oxygens (including phenoxy) is 2. The molecule has 4 rings (SSSR count). The molecular weight excluding hydrogens is 529 g/mol. The number of rotatable bonds is 11. The van der Waals surface area contributed by atoms with Crippen LogP contribution in [0, 0.1) is 0 Å². The zero-order chi connectivity index (χ0) is 24.6. The molecule has 1 aromatic heterocycles. The van der Waals surface area contributed by atoms with Gasteiger partial charge in [0.25, 0.3) is 0 Å². The molecule has 0 saturated heterocycles. The first-order chi connectivity index (χ1) is 17.0. The maximum absolute atomic E-state index is 6.52. The first kappa shape index (κ1) is 25.6. The minimum atomic E-state index is 0.264. The van der Waals surface area contributed by atoms with Crippen LogP contribution in [-0.2, 0) is 13.2 Å². The van der Waals surface area contributed by atoms with E-state index in [1.165, 1.54) is 0 Å². The summed E-state index contributed by atoms with van der Waals surface area (Å²) in [6.07, 6.45) is 0. The van der Waals surface area contributed by atoms with Crippen LogP contribution in [0.2, 0.25) is 15.1 Å². The van der Waals surface area contributed by atoms with Crippen LogP contribution < -0.4 is 14.8 Å². The van der Waals surface area contributed by atoms with E-state index in [1.54, 1.807) is 41.8 Å². The molecule has 182 valence electrons. The molecule has 3 aromatic carbocycles. The Balaban J connectivity index is 1.30. The normalized spacial score (nSPS) is 11.0. The third kappa shape index (κ3) is 6.80. The molecule has 0 unspecified atom stereocenters. The lowest BCUT2D eigenvalue weighted by Gasteiger charge is -2.15. The summed E-state index contributed by atoms with van der Waals surface area (Å²) < 4.78 is 13.2. The number of benzene rings is 3. The SMILES string of the molecule is COc1cc(CNCCSc2nnnn2-c2ccccc2)c(Cl)cc1OCc1ccc(Cl)cc1Cl. The highest BCUT2D eigenvalue weighted by Gasteiger charge is 2.13. The van der Waals surface area contributed by atoms with Gasteiger partial charge in [-0.05, 0) is 46.3 Å². The number of nitrogens with one attached hydrogen (secondary N) is 1. The Morgan fingerprint density at radius 2 is 1.74 bits per heavy atom. The van der Waals surface area contributed by atoms with Gasteiger partial charge in [-0.2, -0.15) is 4.68 Å². The van der Waals surface area contributed by atoms with Crippen molar-refractivity contribution in [2.45, 2.75) is 18.3 Å². The van der Waals surface area contributed by atoms with Crippen LogP contribution in [0.5, 0.6) is 11.5 Å². The molecule has 0 aliphatic heterocycles. The molecule has 35 heavy (non-hydrogen) atoms. The lowest BCUT2D eigenvalue weighted by Crippen LogP contribution is -2.17. The lowest BCUT2D eigenvalue weighted by molar-refractivity contribution is 0.284. The second-order valence-electron chi connectivity index (χ2n) is 7.35. The van der Waals surface area contributed by atoms with Crippen molar-refractivity contribution < 1.29 is 9.47 Å². The fourth-order valence-corrected chi connectivity index (χ4v) is 4.69. The number of nitrogens with zero attached hydrogens (tertiary/aromatic N) is 4. The Hall–Kier alpha value is -2.49. The quantitative estimate of drug-likeness (QED) is 0.179. The molecular formula is C24H22Cl3N5O2S. The van der Waals surface area contributed by atoms with E-state index in [1.807, 2.05) is 42.5 Å². The average Bonchev–Trinajstić information content (AvgIpc) is 3.33. The highest BCUT2D eigenvalue weighted by molar-refractivity contribution is 7.99. The highest BCUT2D eigenvalue weighted by Crippen LogP contribution is 2.34. The maximum Gasteiger partial charge on any atom is 0.214 e. The summed E-state index contributed by atoms with van der Waals surface area (Å²) in [7, 11) is 1.59. The van der Waals surface area contributed by atoms with Crippen molar-refractivity contribution in [3.8, 4) is 17.2 Å². The number of thioether (sulfide) groups is 1. The van der Waals surface area contributed by atoms with Crippen LogP contribution in [0.4, 0.5) is 0 Å². The third-order valence-corrected chi connectivity index (χ3v) is 6.86. The van der Waals surface area contributed by atoms with E-state index in [0.29, 0.717) is 33.1 Å². The van der Waals surface area contributed by atoms with Gasteiger partial charge in [-0.15, -0.1) is 5.10 Å². The third-order valence-electron chi connectivity index (χ3n) is 5.00. The average molecular weight is 551 g/mol. The van der Waals surface area contributed by atoms with E-state index in [9.17, 15) is 0 Å². The predicted octanol–water partition coefficient (Wildman–Crippen LogP) is 6.09. The molecule has 0 bridgehead atoms. The van der Waals surface area contributed by atoms with Gasteiger partial charge < -0.3 is 14.8 Å². The topological polar surface area (TPSA) is 74.1 Å². The van der Waals surface area contributed by atoms with Gasteiger partial charge in [-0.25, -0.2) is 0 Å². The monoisotopic (exact) mass is 549 g/mol. The van der Waals surface area contributed by atoms with Gasteiger partial charge in [0, 0.05) is 45.5 Å². The molecule has 11 heteroatoms. The van der Waals surface area contributed by atoms with Crippen molar-refractivity contribution in [3.05, 3.63) is 86.9 Å². The summed E-state index contributed by atoms with van der Waals surface area (Å²) in [6, 6.07) is 18.7. The molecule has 1 heterocycles. The second-order valence-corrected chi connectivity index (χ2v) is 9.67. The van der Waals surface area contributed by atoms with Gasteiger partial charge in [-0.1, -0.05) is 70.8 Å². The van der Waals surface area contributed by atoms with Crippen molar-refractivity contribution in [2.24, 2.45) is 0 Å². The van der Waals surface area contributed by atoms with Crippen molar-refractivity contribution in [3.63, 3.8) is 0 Å². The summed E-state index contributed by atoms with van der Waals surface area (Å²) in [6.45, 7) is 1.57. The summed E-state index contributed by atoms with van der Waals surface area (Å²) in [5.74, 6) is 1.91. The second kappa shape index (κ2) is 12.5. The zero-order valence-electron chi connectivity index (χ0n) is 18.7. The molecule has 4 aromatic rings. The Morgan fingerprint density at radius 1 is 0.943 bits per heavy atom. The van der Waals surface area contributed by atoms with Crippen LogP contribution in [0.3, 0.4) is 0 Å². The number of para-hydroxylation sites is 1. The van der Waals surface area contributed by atoms with E-state index >= 15 is 0 Å². The number of halogens is 3. The van der Waals surface area contributed by atoms with Gasteiger partial charge in [0.05, 0.1) is 12.8 Å². The van der Waals surface area contributed by atoms with Gasteiger partial charge in [0.15, 0.2) is 11.5 Å². The standard InChI is InChI=1S/C24H22Cl3N5O2S/c1-33-22-11-17(21(27)13-23(22)34-15-16-7-8-18(25)12-20(16)26)14-28-9-10-35-24-29-30-31-32(24)19-5-3-2-4-6-19/h2-8,11-13,28H,9-10,14-15H2,1H3. The molecule has 0 spiro atoms. The minimum absolute atomic E-state index is 0.264. The van der Waals surface area contributed by atoms with Crippen molar-refractivity contribution in [2.75, 3.05) is 19.4 Å². The van der Waals surface area contributed by atoms with Crippen LogP contribution in [0.25, 0.3) is 5.69 Å². The number of hydrogen-bond donors (Lipinski definition) is 1. The molecule has 1 N–H and O–H groups in total. The number of tetrazole rings is 1. The van der Waals surface area contributed by atoms with Gasteiger partial charge >= 0.3 is 0 Å². The van der Waals surface area contributed by atoms with Crippen molar-refractivity contribution in [1.29, 1.82) is 0 Å². The van der Waals surface area contributed by atoms with Crippen molar-refractivity contribution in [1.82, 2.24) is 25.5 Å². The molecule has 0 aliphatic carbocycles. The Kier molecular flexibility index (Phi) is 9.12. The molecule has 0 aliphatic rings. The number of methoxy groups -OCH3 is 1. The van der Waals surface area contributed by atoms with Crippen LogP contribution in [-0.4, -0.2) is 39.6 Å². The molecule has 7 nitrogen and oxygen atoms in total. The molecule has 0 amide bonds. The fraction of sp³-hybridized carbons (Fsp3) is 0.208. The first-order valence-corrected chi connectivity index (χ1v) is 12.8. The van der Waals surface area contributed by atoms with E-state index in [0.717, 1.165) is 34.3 Å². The summed E-state index contributed by atoms with van der Waals surface area (Å²) in [5.41, 5.74) is 2.64. The van der Waals surface area contributed by atoms with Crippen LogP contribution in [0.1, 0.15) is 11.1 Å². The van der Waals surface area contributed by atoms with E-state index in [-0.39, 0.29) is 6.61 Å². The predicted molar refractivity (Wildman–Crippen MR) is 140 cm³/mol. The Morgan fingerprint density at radius 3 is 2.51 bits per heavy atom. The Bertz CT molecular complexity index is 1270. The highest BCUT2D eigenvalue weighted by atomic mass is 35.5. The van der Waals surface area contributed by atoms with Gasteiger partial charge in [0.1, 0.15) is 6.61 Å². The lowest BCUT2D eigenvalue weighted by atomic mass is 10.2. The first-order valence-electron chi connectivity index (χ1n) is 10.7. The maximum atomic E-state index is 6.52. The molecule has 0 saturated carbocycles. The largest absolute Gasteiger partial charge is 0.493 e. The number of hydrogen-bond acceptors (Lipinski definition) is 7. The fourth-order valence-electron chi connectivity index (χ4n) is 3.22. The smallest absolute Gasteiger partial charge is 0.214 e. The molecule has 0 radical (unpaired) electrons. The van der Waals surface area contributed by atoms with Gasteiger partial charge in [-0.3, -0.25) is 0 Å². The summed E-state index contributed by atoms with van der Waals surface area (Å²) >= 11 is 20.3. The van der Waals surface area contributed by atoms with Crippen LogP contribution in [0.15, 0.2) is 65.8 Å². The Labute approximate surface area is 222 Å². The molecule has 0 fully saturated rings. The summed E-state index contributed by atoms with van der Waals surface area (Å²) in [5, 5.41) is 17.8. The number of aromatic nitrogens is 4. The van der Waals surface area contributed by atoms with Gasteiger partial charge in [0.2, 0.25) is 5.16 Å². The van der Waals surface area contributed by atoms with E-state index < -0.39 is 0 Å². The van der Waals surface area contributed by atoms with Crippen molar-refractivity contribution >= 4 is 46.6 Å². The zero-order valence-corrected chi connectivity index (χ0v) is 21.8.